The zero-order chi connectivity index (χ0) is 10.5. The van der Waals surface area contributed by atoms with Crippen molar-refractivity contribution >= 4 is 17.7 Å². The Bertz CT molecular complexity index is 308. The van der Waals surface area contributed by atoms with Crippen LogP contribution < -0.4 is 10.6 Å². The van der Waals surface area contributed by atoms with E-state index in [1.807, 2.05) is 10.8 Å². The molecule has 2 N–H and O–H groups in total. The summed E-state index contributed by atoms with van der Waals surface area (Å²) in [7, 11) is 0. The molecule has 2 heterocycles. The van der Waals surface area contributed by atoms with E-state index in [4.69, 9.17) is 0 Å². The first kappa shape index (κ1) is 10.5. The van der Waals surface area contributed by atoms with E-state index in [-0.39, 0.29) is 11.9 Å². The lowest BCUT2D eigenvalue weighted by atomic mass is 10.3. The number of imidazole rings is 1. The van der Waals surface area contributed by atoms with Crippen LogP contribution in [0.2, 0.25) is 0 Å². The van der Waals surface area contributed by atoms with E-state index in [0.29, 0.717) is 6.54 Å². The Labute approximate surface area is 92.6 Å². The minimum atomic E-state index is -0.0159. The van der Waals surface area contributed by atoms with Crippen molar-refractivity contribution in [1.82, 2.24) is 20.2 Å². The molecule has 0 aliphatic carbocycles. The number of hydrogen-bond acceptors (Lipinski definition) is 4. The highest BCUT2D eigenvalue weighted by Crippen LogP contribution is 2.08. The molecule has 1 fully saturated rings. The SMILES string of the molecule is O=C(NCCn1ccnc1)C1CSCN1. The predicted molar refractivity (Wildman–Crippen MR) is 59.5 cm³/mol. The van der Waals surface area contributed by atoms with Crippen LogP contribution in [0.1, 0.15) is 0 Å². The number of rotatable bonds is 4. The maximum absolute atomic E-state index is 11.6. The predicted octanol–water partition coefficient (Wildman–Crippen LogP) is -0.338. The molecule has 0 spiro atoms. The highest BCUT2D eigenvalue weighted by atomic mass is 32.2. The molecule has 0 radical (unpaired) electrons. The van der Waals surface area contributed by atoms with Gasteiger partial charge < -0.3 is 9.88 Å². The first-order valence-corrected chi connectivity index (χ1v) is 6.06. The summed E-state index contributed by atoms with van der Waals surface area (Å²) in [6.07, 6.45) is 5.36. The molecular weight excluding hydrogens is 212 g/mol. The fraction of sp³-hybridized carbons (Fsp3) is 0.556. The van der Waals surface area contributed by atoms with Crippen LogP contribution in [0.5, 0.6) is 0 Å². The van der Waals surface area contributed by atoms with Gasteiger partial charge in [-0.3, -0.25) is 10.1 Å². The number of nitrogens with one attached hydrogen (secondary N) is 2. The lowest BCUT2D eigenvalue weighted by Gasteiger charge is -2.10. The number of aromatic nitrogens is 2. The number of carbonyl (C=O) groups excluding carboxylic acids is 1. The molecule has 2 rings (SSSR count). The summed E-state index contributed by atoms with van der Waals surface area (Å²) in [6, 6.07) is -0.0159. The second-order valence-corrected chi connectivity index (χ2v) is 4.39. The molecule has 82 valence electrons. The van der Waals surface area contributed by atoms with Gasteiger partial charge in [0.1, 0.15) is 0 Å². The number of hydrogen-bond donors (Lipinski definition) is 2. The van der Waals surface area contributed by atoms with E-state index in [2.05, 4.69) is 15.6 Å². The van der Waals surface area contributed by atoms with E-state index in [1.54, 1.807) is 24.3 Å². The lowest BCUT2D eigenvalue weighted by Crippen LogP contribution is -2.42. The van der Waals surface area contributed by atoms with Crippen LogP contribution in [0.3, 0.4) is 0 Å². The molecule has 15 heavy (non-hydrogen) atoms. The summed E-state index contributed by atoms with van der Waals surface area (Å²) in [5.74, 6) is 1.84. The van der Waals surface area contributed by atoms with Crippen molar-refractivity contribution < 1.29 is 4.79 Å². The largest absolute Gasteiger partial charge is 0.353 e. The van der Waals surface area contributed by atoms with Crippen molar-refractivity contribution in [3.63, 3.8) is 0 Å². The topological polar surface area (TPSA) is 59.0 Å². The molecule has 1 aliphatic heterocycles. The molecule has 1 aromatic rings. The van der Waals surface area contributed by atoms with E-state index >= 15 is 0 Å². The molecule has 1 atom stereocenters. The molecular formula is C9H14N4OS. The van der Waals surface area contributed by atoms with Crippen LogP contribution in [-0.2, 0) is 11.3 Å². The third-order valence-electron chi connectivity index (χ3n) is 2.26. The quantitative estimate of drug-likeness (QED) is 0.737. The number of nitrogens with zero attached hydrogens (tertiary/aromatic N) is 2. The van der Waals surface area contributed by atoms with Gasteiger partial charge >= 0.3 is 0 Å². The maximum Gasteiger partial charge on any atom is 0.238 e. The Kier molecular flexibility index (Phi) is 3.63. The van der Waals surface area contributed by atoms with Crippen molar-refractivity contribution in [2.45, 2.75) is 12.6 Å². The van der Waals surface area contributed by atoms with Gasteiger partial charge in [-0.15, -0.1) is 11.8 Å². The van der Waals surface area contributed by atoms with Crippen LogP contribution in [0.15, 0.2) is 18.7 Å². The van der Waals surface area contributed by atoms with Crippen LogP contribution in [-0.4, -0.2) is 39.7 Å². The summed E-state index contributed by atoms with van der Waals surface area (Å²) in [6.45, 7) is 1.42. The zero-order valence-corrected chi connectivity index (χ0v) is 9.17. The normalized spacial score (nSPS) is 20.4. The highest BCUT2D eigenvalue weighted by molar-refractivity contribution is 7.99. The summed E-state index contributed by atoms with van der Waals surface area (Å²) in [5.41, 5.74) is 0. The Morgan fingerprint density at radius 2 is 2.67 bits per heavy atom. The fourth-order valence-electron chi connectivity index (χ4n) is 1.41. The summed E-state index contributed by atoms with van der Waals surface area (Å²) < 4.78 is 1.94. The third kappa shape index (κ3) is 2.97. The van der Waals surface area contributed by atoms with Crippen molar-refractivity contribution in [1.29, 1.82) is 0 Å². The van der Waals surface area contributed by atoms with Crippen LogP contribution >= 0.6 is 11.8 Å². The van der Waals surface area contributed by atoms with Crippen molar-refractivity contribution in [2.75, 3.05) is 18.2 Å². The molecule has 1 aromatic heterocycles. The lowest BCUT2D eigenvalue weighted by molar-refractivity contribution is -0.122. The average molecular weight is 226 g/mol. The van der Waals surface area contributed by atoms with Gasteiger partial charge in [0, 0.05) is 37.1 Å². The molecule has 6 heteroatoms. The van der Waals surface area contributed by atoms with E-state index < -0.39 is 0 Å². The van der Waals surface area contributed by atoms with Gasteiger partial charge in [-0.1, -0.05) is 0 Å². The van der Waals surface area contributed by atoms with Crippen molar-refractivity contribution in [3.05, 3.63) is 18.7 Å². The zero-order valence-electron chi connectivity index (χ0n) is 8.35. The van der Waals surface area contributed by atoms with Gasteiger partial charge in [-0.25, -0.2) is 4.98 Å². The van der Waals surface area contributed by atoms with Crippen molar-refractivity contribution in [2.24, 2.45) is 0 Å². The minimum Gasteiger partial charge on any atom is -0.353 e. The van der Waals surface area contributed by atoms with E-state index in [9.17, 15) is 4.79 Å². The average Bonchev–Trinajstić information content (AvgIpc) is 2.90. The Morgan fingerprint density at radius 3 is 3.33 bits per heavy atom. The van der Waals surface area contributed by atoms with Gasteiger partial charge in [0.25, 0.3) is 0 Å². The molecule has 1 unspecified atom stereocenters. The third-order valence-corrected chi connectivity index (χ3v) is 3.20. The smallest absolute Gasteiger partial charge is 0.238 e. The molecule has 0 bridgehead atoms. The van der Waals surface area contributed by atoms with Crippen LogP contribution in [0.25, 0.3) is 0 Å². The molecule has 1 amide bonds. The molecule has 1 aliphatic rings. The Morgan fingerprint density at radius 1 is 1.73 bits per heavy atom. The van der Waals surface area contributed by atoms with Gasteiger partial charge in [-0.05, 0) is 0 Å². The standard InChI is InChI=1S/C9H14N4OS/c14-9(8-5-15-7-12-8)11-2-4-13-3-1-10-6-13/h1,3,6,8,12H,2,4-5,7H2,(H,11,14). The molecule has 0 aromatic carbocycles. The number of thioether (sulfide) groups is 1. The Balaban J connectivity index is 1.67. The highest BCUT2D eigenvalue weighted by Gasteiger charge is 2.21. The summed E-state index contributed by atoms with van der Waals surface area (Å²) >= 11 is 1.75. The monoisotopic (exact) mass is 226 g/mol. The first-order valence-electron chi connectivity index (χ1n) is 4.91. The van der Waals surface area contributed by atoms with Gasteiger partial charge in [0.2, 0.25) is 5.91 Å². The van der Waals surface area contributed by atoms with Gasteiger partial charge in [0.15, 0.2) is 0 Å². The van der Waals surface area contributed by atoms with E-state index in [0.717, 1.165) is 18.2 Å². The molecule has 5 nitrogen and oxygen atoms in total. The van der Waals surface area contributed by atoms with E-state index in [1.165, 1.54) is 0 Å². The summed E-state index contributed by atoms with van der Waals surface area (Å²) in [4.78, 5) is 15.5. The van der Waals surface area contributed by atoms with Crippen molar-refractivity contribution in [3.8, 4) is 0 Å². The Hall–Kier alpha value is -1.01. The minimum absolute atomic E-state index is 0.0159. The van der Waals surface area contributed by atoms with Crippen LogP contribution in [0.4, 0.5) is 0 Å². The van der Waals surface area contributed by atoms with Crippen LogP contribution in [0, 0.1) is 0 Å². The molecule has 0 saturated carbocycles. The first-order chi connectivity index (χ1) is 7.36. The summed E-state index contributed by atoms with van der Waals surface area (Å²) in [5, 5.41) is 6.03. The maximum atomic E-state index is 11.6. The van der Waals surface area contributed by atoms with Gasteiger partial charge in [0.05, 0.1) is 12.4 Å². The fourth-order valence-corrected chi connectivity index (χ4v) is 2.36. The molecule has 1 saturated heterocycles. The second kappa shape index (κ2) is 5.18. The van der Waals surface area contributed by atoms with Gasteiger partial charge in [-0.2, -0.15) is 0 Å². The number of amides is 1. The second-order valence-electron chi connectivity index (χ2n) is 3.36. The number of carbonyl (C=O) groups is 1.